The largest absolute Gasteiger partial charge is 0.512 e. The first-order valence-electron chi connectivity index (χ1n) is 6.56. The van der Waals surface area contributed by atoms with Crippen LogP contribution in [0.5, 0.6) is 0 Å². The van der Waals surface area contributed by atoms with Crippen molar-refractivity contribution >= 4 is 11.7 Å². The molecule has 19 heavy (non-hydrogen) atoms. The first-order chi connectivity index (χ1) is 8.90. The molecule has 1 aromatic heterocycles. The normalized spacial score (nSPS) is 14.8. The topological polar surface area (TPSA) is 71.5 Å². The van der Waals surface area contributed by atoms with Gasteiger partial charge in [0.1, 0.15) is 5.84 Å². The number of aromatic nitrogens is 1. The van der Waals surface area contributed by atoms with Crippen LogP contribution < -0.4 is 5.73 Å². The number of aryl methyl sites for hydroxylation is 1. The van der Waals surface area contributed by atoms with E-state index in [1.807, 2.05) is 26.0 Å². The lowest BCUT2D eigenvalue weighted by Crippen LogP contribution is -2.12. The van der Waals surface area contributed by atoms with Crippen molar-refractivity contribution in [3.05, 3.63) is 35.7 Å². The zero-order chi connectivity index (χ0) is 14.4. The van der Waals surface area contributed by atoms with Crippen LogP contribution >= 0.6 is 0 Å². The van der Waals surface area contributed by atoms with Gasteiger partial charge in [-0.15, -0.1) is 0 Å². The van der Waals surface area contributed by atoms with Crippen molar-refractivity contribution in [2.24, 2.45) is 22.6 Å². The van der Waals surface area contributed by atoms with Crippen LogP contribution in [0, 0.1) is 18.8 Å². The van der Waals surface area contributed by atoms with Crippen molar-refractivity contribution in [3.8, 4) is 0 Å². The fourth-order valence-corrected chi connectivity index (χ4v) is 1.87. The van der Waals surface area contributed by atoms with Crippen LogP contribution in [-0.2, 0) is 0 Å². The molecule has 0 spiro atoms. The predicted octanol–water partition coefficient (Wildman–Crippen LogP) is 3.50. The summed E-state index contributed by atoms with van der Waals surface area (Å²) in [4.78, 5) is 8.35. The van der Waals surface area contributed by atoms with Crippen molar-refractivity contribution in [1.82, 2.24) is 4.98 Å². The van der Waals surface area contributed by atoms with Crippen molar-refractivity contribution in [2.75, 3.05) is 0 Å². The molecule has 0 aliphatic heterocycles. The van der Waals surface area contributed by atoms with Gasteiger partial charge < -0.3 is 10.8 Å². The van der Waals surface area contributed by atoms with E-state index in [0.29, 0.717) is 11.7 Å². The van der Waals surface area contributed by atoms with Gasteiger partial charge in [-0.1, -0.05) is 26.8 Å². The third-order valence-corrected chi connectivity index (χ3v) is 2.84. The minimum Gasteiger partial charge on any atom is -0.512 e. The highest BCUT2D eigenvalue weighted by atomic mass is 16.3. The van der Waals surface area contributed by atoms with E-state index in [1.165, 1.54) is 6.08 Å². The average Bonchev–Trinajstić information content (AvgIpc) is 2.31. The van der Waals surface area contributed by atoms with Gasteiger partial charge in [-0.2, -0.15) is 0 Å². The molecule has 1 atom stereocenters. The Morgan fingerprint density at radius 2 is 2.16 bits per heavy atom. The molecule has 0 aliphatic rings. The Hall–Kier alpha value is -1.84. The number of hydrogen-bond acceptors (Lipinski definition) is 3. The predicted molar refractivity (Wildman–Crippen MR) is 79.6 cm³/mol. The summed E-state index contributed by atoms with van der Waals surface area (Å²) in [6.45, 7) is 8.14. The lowest BCUT2D eigenvalue weighted by Gasteiger charge is -2.12. The summed E-state index contributed by atoms with van der Waals surface area (Å²) in [6.07, 6.45) is 4.10. The summed E-state index contributed by atoms with van der Waals surface area (Å²) in [7, 11) is 0. The second-order valence-electron chi connectivity index (χ2n) is 5.28. The second kappa shape index (κ2) is 6.92. The molecule has 3 N–H and O–H groups in total. The summed E-state index contributed by atoms with van der Waals surface area (Å²) < 4.78 is 0. The molecule has 1 heterocycles. The summed E-state index contributed by atoms with van der Waals surface area (Å²) in [5.74, 6) is 1.74. The van der Waals surface area contributed by atoms with Gasteiger partial charge in [0.2, 0.25) is 0 Å². The van der Waals surface area contributed by atoms with Gasteiger partial charge in [0.25, 0.3) is 0 Å². The Balaban J connectivity index is 2.83. The molecule has 0 saturated heterocycles. The lowest BCUT2D eigenvalue weighted by molar-refractivity contribution is 0.313. The highest BCUT2D eigenvalue weighted by Crippen LogP contribution is 2.18. The molecule has 1 rings (SSSR count). The molecule has 0 fully saturated rings. The number of rotatable bonds is 5. The van der Waals surface area contributed by atoms with Crippen LogP contribution in [-0.4, -0.2) is 15.9 Å². The van der Waals surface area contributed by atoms with Gasteiger partial charge in [-0.3, -0.25) is 0 Å². The number of nitrogens with two attached hydrogens (primary N) is 1. The Morgan fingerprint density at radius 1 is 1.47 bits per heavy atom. The molecule has 0 saturated carbocycles. The van der Waals surface area contributed by atoms with Crippen molar-refractivity contribution in [3.63, 3.8) is 0 Å². The van der Waals surface area contributed by atoms with Gasteiger partial charge in [0.05, 0.1) is 5.76 Å². The van der Waals surface area contributed by atoms with Crippen LogP contribution in [0.1, 0.15) is 32.8 Å². The molecule has 0 amide bonds. The quantitative estimate of drug-likeness (QED) is 0.484. The Kier molecular flexibility index (Phi) is 5.55. The number of pyridine rings is 1. The van der Waals surface area contributed by atoms with E-state index in [0.717, 1.165) is 12.0 Å². The highest BCUT2D eigenvalue weighted by molar-refractivity contribution is 5.93. The fourth-order valence-electron chi connectivity index (χ4n) is 1.87. The van der Waals surface area contributed by atoms with Crippen LogP contribution in [0.2, 0.25) is 0 Å². The highest BCUT2D eigenvalue weighted by Gasteiger charge is 2.10. The number of hydrogen-bond donors (Lipinski definition) is 2. The monoisotopic (exact) mass is 261 g/mol. The molecule has 1 unspecified atom stereocenters. The smallest absolute Gasteiger partial charge is 0.157 e. The lowest BCUT2D eigenvalue weighted by atomic mass is 9.97. The molecular formula is C15H23N3O. The van der Waals surface area contributed by atoms with Crippen molar-refractivity contribution < 1.29 is 5.11 Å². The number of aliphatic hydroxyl groups excluding tert-OH is 1. The molecule has 4 heteroatoms. The number of amidine groups is 1. The molecule has 1 aromatic rings. The standard InChI is InChI=1S/C15H23N3O/c1-10(2)8-12(4)13(19)9-14(16)18-15-11(3)6-5-7-17-15/h5-7,9-10,12,19H,8H2,1-4H3,(H2,16,17,18). The SMILES string of the molecule is Cc1cccnc1N=C(N)C=C(O)C(C)CC(C)C. The maximum absolute atomic E-state index is 9.96. The second-order valence-corrected chi connectivity index (χ2v) is 5.28. The van der Waals surface area contributed by atoms with Crippen LogP contribution in [0.4, 0.5) is 5.82 Å². The molecule has 0 bridgehead atoms. The fraction of sp³-hybridized carbons (Fsp3) is 0.467. The first kappa shape index (κ1) is 15.2. The Labute approximate surface area is 115 Å². The van der Waals surface area contributed by atoms with Crippen LogP contribution in [0.15, 0.2) is 35.2 Å². The van der Waals surface area contributed by atoms with Crippen molar-refractivity contribution in [2.45, 2.75) is 34.1 Å². The van der Waals surface area contributed by atoms with E-state index in [4.69, 9.17) is 5.73 Å². The van der Waals surface area contributed by atoms with E-state index in [2.05, 4.69) is 23.8 Å². The summed E-state index contributed by atoms with van der Waals surface area (Å²) in [5, 5.41) is 9.96. The number of aliphatic hydroxyl groups is 1. The zero-order valence-corrected chi connectivity index (χ0v) is 12.1. The Bertz CT molecular complexity index is 478. The summed E-state index contributed by atoms with van der Waals surface area (Å²) in [5.41, 5.74) is 6.77. The zero-order valence-electron chi connectivity index (χ0n) is 12.1. The van der Waals surface area contributed by atoms with E-state index >= 15 is 0 Å². The van der Waals surface area contributed by atoms with Gasteiger partial charge in [-0.25, -0.2) is 9.98 Å². The molecule has 0 aliphatic carbocycles. The van der Waals surface area contributed by atoms with Gasteiger partial charge in [-0.05, 0) is 30.9 Å². The number of aliphatic imine (C=N–C) groups is 1. The minimum absolute atomic E-state index is 0.0820. The minimum atomic E-state index is 0.0820. The molecular weight excluding hydrogens is 238 g/mol. The molecule has 0 radical (unpaired) electrons. The van der Waals surface area contributed by atoms with E-state index < -0.39 is 0 Å². The summed E-state index contributed by atoms with van der Waals surface area (Å²) in [6, 6.07) is 3.77. The number of allylic oxidation sites excluding steroid dienone is 1. The maximum atomic E-state index is 9.96. The molecule has 104 valence electrons. The third-order valence-electron chi connectivity index (χ3n) is 2.84. The van der Waals surface area contributed by atoms with E-state index in [1.54, 1.807) is 6.20 Å². The Morgan fingerprint density at radius 3 is 2.74 bits per heavy atom. The van der Waals surface area contributed by atoms with Gasteiger partial charge >= 0.3 is 0 Å². The number of nitrogens with zero attached hydrogens (tertiary/aromatic N) is 2. The maximum Gasteiger partial charge on any atom is 0.157 e. The van der Waals surface area contributed by atoms with Gasteiger partial charge in [0, 0.05) is 18.2 Å². The average molecular weight is 261 g/mol. The summed E-state index contributed by atoms with van der Waals surface area (Å²) >= 11 is 0. The van der Waals surface area contributed by atoms with Crippen LogP contribution in [0.25, 0.3) is 0 Å². The van der Waals surface area contributed by atoms with Crippen LogP contribution in [0.3, 0.4) is 0 Å². The molecule has 0 aromatic carbocycles. The van der Waals surface area contributed by atoms with Gasteiger partial charge in [0.15, 0.2) is 5.82 Å². The molecule has 4 nitrogen and oxygen atoms in total. The van der Waals surface area contributed by atoms with Crippen molar-refractivity contribution in [1.29, 1.82) is 0 Å². The van der Waals surface area contributed by atoms with E-state index in [9.17, 15) is 5.11 Å². The third kappa shape index (κ3) is 5.12. The van der Waals surface area contributed by atoms with E-state index in [-0.39, 0.29) is 17.5 Å². The first-order valence-corrected chi connectivity index (χ1v) is 6.56.